The number of hydrogen-bond acceptors (Lipinski definition) is 2. The average molecular weight is 160 g/mol. The first-order chi connectivity index (χ1) is 4.95. The van der Waals surface area contributed by atoms with Gasteiger partial charge in [-0.05, 0) is 11.5 Å². The second-order valence-electron chi connectivity index (χ2n) is 1.85. The molecule has 0 rings (SSSR count). The van der Waals surface area contributed by atoms with Gasteiger partial charge in [0, 0.05) is 0 Å². The monoisotopic (exact) mass is 160 g/mol. The van der Waals surface area contributed by atoms with Gasteiger partial charge in [-0.3, -0.25) is 0 Å². The lowest BCUT2D eigenvalue weighted by atomic mass is 9.80. The van der Waals surface area contributed by atoms with Crippen molar-refractivity contribution < 1.29 is 18.8 Å². The Morgan fingerprint density at radius 3 is 2.00 bits per heavy atom. The molecule has 0 aliphatic carbocycles. The fourth-order valence-electron chi connectivity index (χ4n) is 0.316. The van der Waals surface area contributed by atoms with Crippen molar-refractivity contribution in [1.29, 1.82) is 0 Å². The largest absolute Gasteiger partial charge is 0.487 e. The minimum absolute atomic E-state index is 0.332. The predicted octanol–water partition coefficient (Wildman–Crippen LogP) is 0.891. The van der Waals surface area contributed by atoms with Crippen molar-refractivity contribution in [1.82, 2.24) is 0 Å². The zero-order valence-corrected chi connectivity index (χ0v) is 5.72. The molecule has 11 heavy (non-hydrogen) atoms. The maximum absolute atomic E-state index is 12.2. The van der Waals surface area contributed by atoms with Gasteiger partial charge < -0.3 is 10.0 Å². The van der Waals surface area contributed by atoms with Gasteiger partial charge in [-0.25, -0.2) is 8.78 Å². The van der Waals surface area contributed by atoms with Crippen molar-refractivity contribution in [2.45, 2.75) is 0 Å². The highest BCUT2D eigenvalue weighted by Gasteiger charge is 2.11. The van der Waals surface area contributed by atoms with Gasteiger partial charge in [-0.1, -0.05) is 13.2 Å². The molecule has 0 aromatic carbocycles. The molecule has 0 amide bonds. The van der Waals surface area contributed by atoms with Crippen LogP contribution in [0.3, 0.4) is 0 Å². The molecule has 0 fully saturated rings. The zero-order valence-electron chi connectivity index (χ0n) is 5.72. The maximum Gasteiger partial charge on any atom is 0.487 e. The summed E-state index contributed by atoms with van der Waals surface area (Å²) in [5.74, 6) is -2.53. The zero-order chi connectivity index (χ0) is 9.02. The van der Waals surface area contributed by atoms with Gasteiger partial charge in [0.05, 0.1) is 0 Å². The molecule has 60 valence electrons. The molecule has 0 aromatic rings. The van der Waals surface area contributed by atoms with E-state index in [0.717, 1.165) is 0 Å². The van der Waals surface area contributed by atoms with Gasteiger partial charge in [0.2, 0.25) is 0 Å². The van der Waals surface area contributed by atoms with Crippen LogP contribution >= 0.6 is 0 Å². The maximum atomic E-state index is 12.2. The molecule has 5 heteroatoms. The molecular formula is C6H7BF2O2. The second-order valence-corrected chi connectivity index (χ2v) is 1.85. The molecule has 0 radical (unpaired) electrons. The van der Waals surface area contributed by atoms with Crippen LogP contribution in [0.4, 0.5) is 8.78 Å². The number of rotatable bonds is 3. The predicted molar refractivity (Wildman–Crippen MR) is 38.8 cm³/mol. The summed E-state index contributed by atoms with van der Waals surface area (Å²) in [6.07, 6.45) is 0.562. The average Bonchev–Trinajstić information content (AvgIpc) is 1.87. The van der Waals surface area contributed by atoms with Crippen LogP contribution in [0.5, 0.6) is 0 Å². The molecule has 0 saturated heterocycles. The van der Waals surface area contributed by atoms with E-state index in [9.17, 15) is 8.78 Å². The van der Waals surface area contributed by atoms with E-state index >= 15 is 0 Å². The molecule has 0 aromatic heterocycles. The van der Waals surface area contributed by atoms with Crippen LogP contribution in [-0.2, 0) is 0 Å². The summed E-state index contributed by atoms with van der Waals surface area (Å²) in [4.78, 5) is 0. The molecule has 0 bridgehead atoms. The third kappa shape index (κ3) is 3.70. The molecule has 2 nitrogen and oxygen atoms in total. The quantitative estimate of drug-likeness (QED) is 0.475. The number of allylic oxidation sites excluding steroid dienone is 4. The third-order valence-corrected chi connectivity index (χ3v) is 0.903. The molecular weight excluding hydrogens is 153 g/mol. The van der Waals surface area contributed by atoms with Crippen LogP contribution in [0.2, 0.25) is 0 Å². The van der Waals surface area contributed by atoms with Gasteiger partial charge in [-0.2, -0.15) is 0 Å². The van der Waals surface area contributed by atoms with E-state index in [1.807, 2.05) is 0 Å². The molecule has 0 spiro atoms. The SMILES string of the molecule is C=C(/C=C(/F)C(=C)F)B(O)O. The minimum atomic E-state index is -1.87. The normalized spacial score (nSPS) is 11.1. The molecule has 0 heterocycles. The van der Waals surface area contributed by atoms with Crippen molar-refractivity contribution in [2.75, 3.05) is 0 Å². The summed E-state index contributed by atoms with van der Waals surface area (Å²) in [5, 5.41) is 16.7. The van der Waals surface area contributed by atoms with Crippen LogP contribution in [0, 0.1) is 0 Å². The fourth-order valence-corrected chi connectivity index (χ4v) is 0.316. The van der Waals surface area contributed by atoms with Gasteiger partial charge in [0.1, 0.15) is 0 Å². The van der Waals surface area contributed by atoms with E-state index < -0.39 is 18.8 Å². The van der Waals surface area contributed by atoms with E-state index in [-0.39, 0.29) is 5.47 Å². The van der Waals surface area contributed by atoms with Gasteiger partial charge in [0.15, 0.2) is 11.7 Å². The summed E-state index contributed by atoms with van der Waals surface area (Å²) in [7, 11) is -1.87. The first-order valence-electron chi connectivity index (χ1n) is 2.72. The Morgan fingerprint density at radius 2 is 1.73 bits per heavy atom. The lowest BCUT2D eigenvalue weighted by Gasteiger charge is -1.95. The third-order valence-electron chi connectivity index (χ3n) is 0.903. The van der Waals surface area contributed by atoms with Gasteiger partial charge in [-0.15, -0.1) is 0 Å². The van der Waals surface area contributed by atoms with Crippen molar-refractivity contribution >= 4 is 7.12 Å². The molecule has 0 unspecified atom stereocenters. The van der Waals surface area contributed by atoms with Crippen LogP contribution in [-0.4, -0.2) is 17.2 Å². The van der Waals surface area contributed by atoms with Crippen LogP contribution < -0.4 is 0 Å². The Bertz CT molecular complexity index is 211. The molecule has 0 aliphatic rings. The first kappa shape index (κ1) is 10.1. The van der Waals surface area contributed by atoms with E-state index in [1.165, 1.54) is 0 Å². The lowest BCUT2D eigenvalue weighted by molar-refractivity contribution is 0.420. The summed E-state index contributed by atoms with van der Waals surface area (Å²) >= 11 is 0. The van der Waals surface area contributed by atoms with Crippen molar-refractivity contribution in [3.05, 3.63) is 36.4 Å². The smallest absolute Gasteiger partial charge is 0.423 e. The Labute approximate surface area is 63.3 Å². The Balaban J connectivity index is 4.32. The van der Waals surface area contributed by atoms with E-state index in [0.29, 0.717) is 6.08 Å². The molecule has 0 saturated carbocycles. The van der Waals surface area contributed by atoms with Gasteiger partial charge >= 0.3 is 7.12 Å². The first-order valence-corrected chi connectivity index (χ1v) is 2.72. The standard InChI is InChI=1S/C6H7BF2O2/c1-4(7(10)11)3-6(9)5(2)8/h3,10-11H,1-2H2/b6-3+. The van der Waals surface area contributed by atoms with Crippen molar-refractivity contribution in [3.8, 4) is 0 Å². The summed E-state index contributed by atoms with van der Waals surface area (Å²) in [6, 6.07) is 0. The van der Waals surface area contributed by atoms with Crippen LogP contribution in [0.15, 0.2) is 36.4 Å². The Morgan fingerprint density at radius 1 is 1.27 bits per heavy atom. The van der Waals surface area contributed by atoms with E-state index in [4.69, 9.17) is 10.0 Å². The molecule has 0 atom stereocenters. The highest BCUT2D eigenvalue weighted by Crippen LogP contribution is 2.12. The topological polar surface area (TPSA) is 40.5 Å². The fraction of sp³-hybridized carbons (Fsp3) is 0. The van der Waals surface area contributed by atoms with E-state index in [1.54, 1.807) is 0 Å². The van der Waals surface area contributed by atoms with Crippen molar-refractivity contribution in [2.24, 2.45) is 0 Å². The van der Waals surface area contributed by atoms with Crippen LogP contribution in [0.25, 0.3) is 0 Å². The summed E-state index contributed by atoms with van der Waals surface area (Å²) < 4.78 is 24.1. The Hall–Kier alpha value is -0.935. The Kier molecular flexibility index (Phi) is 3.71. The van der Waals surface area contributed by atoms with E-state index in [2.05, 4.69) is 13.2 Å². The summed E-state index contributed by atoms with van der Waals surface area (Å²) in [6.45, 7) is 5.71. The molecule has 0 aliphatic heterocycles. The number of hydrogen-bond donors (Lipinski definition) is 2. The van der Waals surface area contributed by atoms with Gasteiger partial charge in [0.25, 0.3) is 0 Å². The second kappa shape index (κ2) is 4.05. The van der Waals surface area contributed by atoms with Crippen molar-refractivity contribution in [3.63, 3.8) is 0 Å². The van der Waals surface area contributed by atoms with Crippen LogP contribution in [0.1, 0.15) is 0 Å². The highest BCUT2D eigenvalue weighted by molar-refractivity contribution is 6.51. The number of halogens is 2. The lowest BCUT2D eigenvalue weighted by Crippen LogP contribution is -2.12. The molecule has 2 N–H and O–H groups in total. The highest BCUT2D eigenvalue weighted by atomic mass is 19.2. The minimum Gasteiger partial charge on any atom is -0.423 e. The summed E-state index contributed by atoms with van der Waals surface area (Å²) in [5.41, 5.74) is -0.332.